The Kier molecular flexibility index (Phi) is 8.64. The average Bonchev–Trinajstić information content (AvgIpc) is 3.16. The van der Waals surface area contributed by atoms with Gasteiger partial charge in [0.25, 0.3) is 10.0 Å². The van der Waals surface area contributed by atoms with Crippen molar-refractivity contribution in [1.82, 2.24) is 9.62 Å². The fourth-order valence-electron chi connectivity index (χ4n) is 3.21. The van der Waals surface area contributed by atoms with Crippen molar-refractivity contribution in [3.8, 4) is 0 Å². The summed E-state index contributed by atoms with van der Waals surface area (Å²) in [5, 5.41) is 0. The van der Waals surface area contributed by atoms with E-state index in [1.807, 2.05) is 13.8 Å². The zero-order valence-corrected chi connectivity index (χ0v) is 20.1. The second-order valence-electron chi connectivity index (χ2n) is 7.80. The Morgan fingerprint density at radius 1 is 1.03 bits per heavy atom. The van der Waals surface area contributed by atoms with E-state index in [1.165, 1.54) is 11.0 Å². The summed E-state index contributed by atoms with van der Waals surface area (Å²) in [7, 11) is -4.06. The topological polar surface area (TPSA) is 110 Å². The average molecular weight is 466 g/mol. The first kappa shape index (κ1) is 24.9. The van der Waals surface area contributed by atoms with Crippen LogP contribution in [0.15, 0.2) is 40.6 Å². The summed E-state index contributed by atoms with van der Waals surface area (Å²) < 4.78 is 27.8. The van der Waals surface area contributed by atoms with Crippen LogP contribution >= 0.6 is 11.3 Å². The minimum Gasteiger partial charge on any atom is -0.399 e. The first-order chi connectivity index (χ1) is 14.6. The molecule has 0 saturated carbocycles. The van der Waals surface area contributed by atoms with Gasteiger partial charge in [-0.2, -0.15) is 0 Å². The number of hydrogen-bond donors (Lipinski definition) is 2. The van der Waals surface area contributed by atoms with Crippen LogP contribution in [0.25, 0.3) is 0 Å². The van der Waals surface area contributed by atoms with Gasteiger partial charge in [0.15, 0.2) is 0 Å². The van der Waals surface area contributed by atoms with Crippen LogP contribution in [-0.2, 0) is 32.5 Å². The normalized spacial score (nSPS) is 12.5. The summed E-state index contributed by atoms with van der Waals surface area (Å²) >= 11 is 1.14. The molecule has 2 aromatic rings. The lowest BCUT2D eigenvalue weighted by atomic mass is 9.97. The first-order valence-electron chi connectivity index (χ1n) is 10.4. The molecule has 0 fully saturated rings. The molecule has 0 aliphatic rings. The van der Waals surface area contributed by atoms with Gasteiger partial charge in [0.2, 0.25) is 11.8 Å². The number of rotatable bonds is 10. The van der Waals surface area contributed by atoms with Crippen molar-refractivity contribution in [3.63, 3.8) is 0 Å². The van der Waals surface area contributed by atoms with Crippen molar-refractivity contribution in [2.24, 2.45) is 11.8 Å². The molecule has 170 valence electrons. The van der Waals surface area contributed by atoms with Gasteiger partial charge in [-0.15, -0.1) is 11.3 Å². The predicted molar refractivity (Wildman–Crippen MR) is 124 cm³/mol. The van der Waals surface area contributed by atoms with Gasteiger partial charge < -0.3 is 10.6 Å². The number of carbonyl (C=O) groups excluding carboxylic acids is 2. The van der Waals surface area contributed by atoms with E-state index in [9.17, 15) is 18.0 Å². The third-order valence-electron chi connectivity index (χ3n) is 4.86. The maximum atomic E-state index is 13.0. The van der Waals surface area contributed by atoms with Gasteiger partial charge in [-0.3, -0.25) is 9.59 Å². The minimum atomic E-state index is -4.06. The molecule has 3 N–H and O–H groups in total. The summed E-state index contributed by atoms with van der Waals surface area (Å²) in [6.07, 6.45) is 0.842. The second kappa shape index (κ2) is 10.8. The number of benzene rings is 1. The highest BCUT2D eigenvalue weighted by atomic mass is 32.2. The number of amides is 2. The van der Waals surface area contributed by atoms with E-state index in [4.69, 9.17) is 5.73 Å². The van der Waals surface area contributed by atoms with Gasteiger partial charge >= 0.3 is 0 Å². The highest BCUT2D eigenvalue weighted by Gasteiger charge is 2.33. The maximum Gasteiger partial charge on any atom is 0.273 e. The second-order valence-corrected chi connectivity index (χ2v) is 10.9. The van der Waals surface area contributed by atoms with Gasteiger partial charge in [-0.1, -0.05) is 26.0 Å². The van der Waals surface area contributed by atoms with Crippen molar-refractivity contribution in [1.29, 1.82) is 0 Å². The molecule has 0 radical (unpaired) electrons. The summed E-state index contributed by atoms with van der Waals surface area (Å²) in [6, 6.07) is 10.1. The fraction of sp³-hybridized carbons (Fsp3) is 0.455. The Morgan fingerprint density at radius 2 is 1.65 bits per heavy atom. The monoisotopic (exact) mass is 465 g/mol. The molecule has 0 aliphatic heterocycles. The lowest BCUT2D eigenvalue weighted by Gasteiger charge is -2.24. The van der Waals surface area contributed by atoms with E-state index in [2.05, 4.69) is 18.6 Å². The Labute approximate surface area is 188 Å². The molecular formula is C22H31N3O4S2. The number of nitrogens with one attached hydrogen (secondary N) is 1. The predicted octanol–water partition coefficient (Wildman–Crippen LogP) is 3.06. The molecule has 2 amide bonds. The molecule has 1 heterocycles. The van der Waals surface area contributed by atoms with E-state index in [1.54, 1.807) is 30.3 Å². The first-order valence-corrected chi connectivity index (χ1v) is 12.7. The number of carbonyl (C=O) groups is 2. The quantitative estimate of drug-likeness (QED) is 0.414. The fourth-order valence-corrected chi connectivity index (χ4v) is 5.79. The Hall–Kier alpha value is -2.39. The van der Waals surface area contributed by atoms with Gasteiger partial charge in [0.1, 0.15) is 10.1 Å². The number of sulfonamides is 1. The van der Waals surface area contributed by atoms with Gasteiger partial charge in [-0.05, 0) is 62.4 Å². The summed E-state index contributed by atoms with van der Waals surface area (Å²) in [4.78, 5) is 28.5. The third-order valence-corrected chi connectivity index (χ3v) is 7.80. The van der Waals surface area contributed by atoms with Gasteiger partial charge in [0.05, 0.1) is 0 Å². The summed E-state index contributed by atoms with van der Waals surface area (Å²) in [5.41, 5.74) is 7.01. The Bertz CT molecular complexity index is 994. The van der Waals surface area contributed by atoms with Crippen LogP contribution in [0.3, 0.4) is 0 Å². The van der Waals surface area contributed by atoms with Crippen molar-refractivity contribution in [2.75, 3.05) is 18.8 Å². The molecule has 2 rings (SSSR count). The van der Waals surface area contributed by atoms with E-state index in [0.717, 1.165) is 28.2 Å². The number of thiophene rings is 1. The Morgan fingerprint density at radius 3 is 2.19 bits per heavy atom. The van der Waals surface area contributed by atoms with Crippen LogP contribution in [0.4, 0.5) is 5.69 Å². The lowest BCUT2D eigenvalue weighted by molar-refractivity contribution is -0.141. The van der Waals surface area contributed by atoms with Gasteiger partial charge in [-0.25, -0.2) is 13.1 Å². The zero-order valence-electron chi connectivity index (χ0n) is 18.4. The highest BCUT2D eigenvalue weighted by molar-refractivity contribution is 7.92. The molecule has 0 saturated heterocycles. The van der Waals surface area contributed by atoms with E-state index in [0.29, 0.717) is 24.7 Å². The van der Waals surface area contributed by atoms with E-state index in [-0.39, 0.29) is 10.6 Å². The molecule has 0 spiro atoms. The largest absolute Gasteiger partial charge is 0.399 e. The third kappa shape index (κ3) is 6.80. The van der Waals surface area contributed by atoms with Crippen LogP contribution in [-0.4, -0.2) is 38.2 Å². The standard InChI is InChI=1S/C22H31N3O4S2/c1-5-25(6-2)22(27)19(14-16-7-9-17(23)10-8-16)21(26)24-31(28,29)20-12-11-18(30-20)13-15(3)4/h7-12,15,19H,5-6,13-14,23H2,1-4H3,(H,24,26). The number of hydrogen-bond acceptors (Lipinski definition) is 6. The zero-order chi connectivity index (χ0) is 23.2. The summed E-state index contributed by atoms with van der Waals surface area (Å²) in [6.45, 7) is 8.59. The van der Waals surface area contributed by atoms with Crippen molar-refractivity contribution >= 4 is 38.9 Å². The molecule has 1 aromatic carbocycles. The molecule has 1 unspecified atom stereocenters. The number of nitrogens with zero attached hydrogens (tertiary/aromatic N) is 1. The van der Waals surface area contributed by atoms with Crippen molar-refractivity contribution < 1.29 is 18.0 Å². The lowest BCUT2D eigenvalue weighted by Crippen LogP contribution is -2.46. The molecule has 1 atom stereocenters. The van der Waals surface area contributed by atoms with Crippen LogP contribution in [0, 0.1) is 11.8 Å². The van der Waals surface area contributed by atoms with E-state index >= 15 is 0 Å². The molecule has 1 aromatic heterocycles. The molecule has 9 heteroatoms. The highest BCUT2D eigenvalue weighted by Crippen LogP contribution is 2.24. The number of nitrogen functional groups attached to an aromatic ring is 1. The van der Waals surface area contributed by atoms with Crippen LogP contribution < -0.4 is 10.5 Å². The molecule has 7 nitrogen and oxygen atoms in total. The molecule has 31 heavy (non-hydrogen) atoms. The van der Waals surface area contributed by atoms with Gasteiger partial charge in [0, 0.05) is 23.7 Å². The minimum absolute atomic E-state index is 0.0676. The van der Waals surface area contributed by atoms with Crippen LogP contribution in [0.1, 0.15) is 38.1 Å². The molecular weight excluding hydrogens is 434 g/mol. The number of nitrogens with two attached hydrogens (primary N) is 1. The van der Waals surface area contributed by atoms with Crippen molar-refractivity contribution in [3.05, 3.63) is 46.8 Å². The SMILES string of the molecule is CCN(CC)C(=O)C(Cc1ccc(N)cc1)C(=O)NS(=O)(=O)c1ccc(CC(C)C)s1. The smallest absolute Gasteiger partial charge is 0.273 e. The van der Waals surface area contributed by atoms with Crippen LogP contribution in [0.5, 0.6) is 0 Å². The van der Waals surface area contributed by atoms with Crippen molar-refractivity contribution in [2.45, 2.75) is 44.7 Å². The van der Waals surface area contributed by atoms with E-state index < -0.39 is 27.8 Å². The summed E-state index contributed by atoms with van der Waals surface area (Å²) in [5.74, 6) is -2.00. The Balaban J connectivity index is 2.27. The van der Waals surface area contributed by atoms with Crippen LogP contribution in [0.2, 0.25) is 0 Å². The maximum absolute atomic E-state index is 13.0. The number of anilines is 1. The molecule has 0 bridgehead atoms. The molecule has 0 aliphatic carbocycles.